The molecule has 4 nitrogen and oxygen atoms in total. The van der Waals surface area contributed by atoms with Gasteiger partial charge in [0.1, 0.15) is 17.8 Å². The summed E-state index contributed by atoms with van der Waals surface area (Å²) < 4.78 is 26.1. The van der Waals surface area contributed by atoms with Crippen molar-refractivity contribution in [2.45, 2.75) is 44.6 Å². The van der Waals surface area contributed by atoms with E-state index in [2.05, 4.69) is 26.9 Å². The molecule has 1 N–H and O–H groups in total. The van der Waals surface area contributed by atoms with Crippen LogP contribution in [0.4, 0.5) is 14.6 Å². The monoisotopic (exact) mass is 366 g/mol. The Morgan fingerprint density at radius 2 is 2.08 bits per heavy atom. The van der Waals surface area contributed by atoms with E-state index in [-0.39, 0.29) is 18.3 Å². The molecule has 0 unspecified atom stereocenters. The molecule has 0 aliphatic heterocycles. The van der Waals surface area contributed by atoms with Gasteiger partial charge in [0.25, 0.3) is 0 Å². The van der Waals surface area contributed by atoms with Gasteiger partial charge in [0.15, 0.2) is 0 Å². The summed E-state index contributed by atoms with van der Waals surface area (Å²) in [6.07, 6.45) is 5.90. The van der Waals surface area contributed by atoms with Crippen molar-refractivity contribution in [3.8, 4) is 0 Å². The largest absolute Gasteiger partial charge is 0.356 e. The lowest BCUT2D eigenvalue weighted by atomic mass is 9.69. The molecule has 0 bridgehead atoms. The third-order valence-electron chi connectivity index (χ3n) is 5.60. The highest BCUT2D eigenvalue weighted by atomic mass is 32.2. The molecule has 0 saturated heterocycles. The summed E-state index contributed by atoms with van der Waals surface area (Å²) in [5.74, 6) is 1.18. The first-order valence-electron chi connectivity index (χ1n) is 8.82. The Bertz CT molecular complexity index is 748. The van der Waals surface area contributed by atoms with E-state index >= 15 is 0 Å². The van der Waals surface area contributed by atoms with Crippen molar-refractivity contribution in [1.82, 2.24) is 15.0 Å². The number of hydrogen-bond acceptors (Lipinski definition) is 4. The molecule has 7 heteroatoms. The Labute approximate surface area is 150 Å². The highest BCUT2D eigenvalue weighted by Gasteiger charge is 2.53. The number of nitrogens with zero attached hydrogens (tertiary/aromatic N) is 3. The zero-order valence-corrected chi connectivity index (χ0v) is 15.5. The minimum atomic E-state index is -2.42. The van der Waals surface area contributed by atoms with Crippen LogP contribution in [0.25, 0.3) is 11.0 Å². The Morgan fingerprint density at radius 1 is 1.32 bits per heavy atom. The lowest BCUT2D eigenvalue weighted by Crippen LogP contribution is -2.46. The van der Waals surface area contributed by atoms with Gasteiger partial charge in [0.05, 0.1) is 5.39 Å². The highest BCUT2D eigenvalue weighted by Crippen LogP contribution is 2.53. The minimum Gasteiger partial charge on any atom is -0.356 e. The molecule has 2 aromatic heterocycles. The molecule has 2 aliphatic rings. The van der Waals surface area contributed by atoms with Crippen LogP contribution in [0.3, 0.4) is 0 Å². The molecule has 0 radical (unpaired) electrons. The highest BCUT2D eigenvalue weighted by molar-refractivity contribution is 7.99. The van der Waals surface area contributed by atoms with Crippen LogP contribution >= 0.6 is 11.8 Å². The maximum Gasteiger partial charge on any atom is 0.249 e. The van der Waals surface area contributed by atoms with E-state index in [0.717, 1.165) is 41.2 Å². The molecular weight excluding hydrogens is 342 g/mol. The molecule has 136 valence electrons. The van der Waals surface area contributed by atoms with E-state index in [9.17, 15) is 8.78 Å². The van der Waals surface area contributed by atoms with Crippen molar-refractivity contribution in [2.75, 3.05) is 23.5 Å². The Kier molecular flexibility index (Phi) is 4.17. The fraction of sp³-hybridized carbons (Fsp3) is 0.667. The second-order valence-corrected chi connectivity index (χ2v) is 9.10. The van der Waals surface area contributed by atoms with Crippen LogP contribution in [0.2, 0.25) is 0 Å². The Balaban J connectivity index is 1.24. The van der Waals surface area contributed by atoms with Crippen molar-refractivity contribution in [1.29, 1.82) is 0 Å². The maximum atomic E-state index is 13.1. The molecule has 25 heavy (non-hydrogen) atoms. The van der Waals surface area contributed by atoms with E-state index in [1.807, 2.05) is 30.9 Å². The molecule has 0 atom stereocenters. The Hall–Kier alpha value is -1.37. The molecule has 2 saturated carbocycles. The van der Waals surface area contributed by atoms with E-state index < -0.39 is 5.92 Å². The number of rotatable bonds is 6. The summed E-state index contributed by atoms with van der Waals surface area (Å²) in [6.45, 7) is 1.99. The normalized spacial score (nSPS) is 26.9. The summed E-state index contributed by atoms with van der Waals surface area (Å²) >= 11 is 1.85. The molecule has 0 amide bonds. The molecule has 0 aromatic carbocycles. The number of thioether (sulfide) groups is 1. The SMILES string of the molecule is CN(c1ncnc2[nH]ccc12)C1CC(CSCC2(C)CC(F)(F)C2)C1. The van der Waals surface area contributed by atoms with Crippen LogP contribution < -0.4 is 4.90 Å². The summed E-state index contributed by atoms with van der Waals surface area (Å²) in [6, 6.07) is 2.52. The van der Waals surface area contributed by atoms with Gasteiger partial charge in [-0.2, -0.15) is 11.8 Å². The van der Waals surface area contributed by atoms with E-state index in [1.165, 1.54) is 0 Å². The third kappa shape index (κ3) is 3.35. The number of alkyl halides is 2. The van der Waals surface area contributed by atoms with E-state index in [0.29, 0.717) is 12.0 Å². The van der Waals surface area contributed by atoms with Gasteiger partial charge < -0.3 is 9.88 Å². The molecule has 2 fully saturated rings. The van der Waals surface area contributed by atoms with Gasteiger partial charge >= 0.3 is 0 Å². The smallest absolute Gasteiger partial charge is 0.249 e. The minimum absolute atomic E-state index is 0.0589. The first-order chi connectivity index (χ1) is 11.9. The van der Waals surface area contributed by atoms with E-state index in [1.54, 1.807) is 6.33 Å². The van der Waals surface area contributed by atoms with Crippen molar-refractivity contribution < 1.29 is 8.78 Å². The van der Waals surface area contributed by atoms with Gasteiger partial charge in [-0.1, -0.05) is 6.92 Å². The number of nitrogens with one attached hydrogen (secondary N) is 1. The number of aromatic amines is 1. The van der Waals surface area contributed by atoms with Crippen LogP contribution in [0.15, 0.2) is 18.6 Å². The molecule has 2 heterocycles. The topological polar surface area (TPSA) is 44.8 Å². The van der Waals surface area contributed by atoms with Crippen LogP contribution in [-0.4, -0.2) is 45.5 Å². The Morgan fingerprint density at radius 3 is 2.80 bits per heavy atom. The van der Waals surface area contributed by atoms with Crippen molar-refractivity contribution in [2.24, 2.45) is 11.3 Å². The summed E-state index contributed by atoms with van der Waals surface area (Å²) in [5.41, 5.74) is 0.711. The molecule has 0 spiro atoms. The lowest BCUT2D eigenvalue weighted by Gasteiger charge is -2.45. The van der Waals surface area contributed by atoms with Crippen LogP contribution in [0, 0.1) is 11.3 Å². The quantitative estimate of drug-likeness (QED) is 0.826. The average molecular weight is 366 g/mol. The number of aromatic nitrogens is 3. The fourth-order valence-corrected chi connectivity index (χ4v) is 5.66. The van der Waals surface area contributed by atoms with Gasteiger partial charge in [-0.15, -0.1) is 0 Å². The second kappa shape index (κ2) is 6.11. The van der Waals surface area contributed by atoms with Gasteiger partial charge in [-0.3, -0.25) is 0 Å². The van der Waals surface area contributed by atoms with Crippen LogP contribution in [0.1, 0.15) is 32.6 Å². The zero-order chi connectivity index (χ0) is 17.7. The van der Waals surface area contributed by atoms with Crippen molar-refractivity contribution in [3.63, 3.8) is 0 Å². The van der Waals surface area contributed by atoms with Gasteiger partial charge in [0.2, 0.25) is 5.92 Å². The van der Waals surface area contributed by atoms with Gasteiger partial charge in [-0.25, -0.2) is 18.7 Å². The van der Waals surface area contributed by atoms with Crippen molar-refractivity contribution >= 4 is 28.6 Å². The maximum absolute atomic E-state index is 13.1. The van der Waals surface area contributed by atoms with Gasteiger partial charge in [-0.05, 0) is 41.7 Å². The number of halogens is 2. The molecular formula is C18H24F2N4S. The van der Waals surface area contributed by atoms with E-state index in [4.69, 9.17) is 0 Å². The zero-order valence-electron chi connectivity index (χ0n) is 14.6. The summed E-state index contributed by atoms with van der Waals surface area (Å²) in [5, 5.41) is 1.06. The summed E-state index contributed by atoms with van der Waals surface area (Å²) in [7, 11) is 2.10. The average Bonchev–Trinajstić information content (AvgIpc) is 2.95. The predicted molar refractivity (Wildman–Crippen MR) is 98.4 cm³/mol. The van der Waals surface area contributed by atoms with Crippen LogP contribution in [-0.2, 0) is 0 Å². The molecule has 2 aliphatic carbocycles. The molecule has 4 rings (SSSR count). The van der Waals surface area contributed by atoms with Gasteiger partial charge in [0, 0.05) is 32.1 Å². The summed E-state index contributed by atoms with van der Waals surface area (Å²) in [4.78, 5) is 14.1. The lowest BCUT2D eigenvalue weighted by molar-refractivity contribution is -0.144. The third-order valence-corrected chi connectivity index (χ3v) is 7.21. The standard InChI is InChI=1S/C18H24F2N4S/c1-17(8-18(19,20)9-17)10-25-7-12-5-13(6-12)24(2)16-14-3-4-21-15(14)22-11-23-16/h3-4,11-13H,5-10H2,1-2H3,(H,21,22,23). The number of hydrogen-bond donors (Lipinski definition) is 1. The second-order valence-electron chi connectivity index (χ2n) is 8.07. The first kappa shape index (κ1) is 17.1. The fourth-order valence-electron chi connectivity index (χ4n) is 4.24. The number of H-pyrrole nitrogens is 1. The number of fused-ring (bicyclic) bond motifs is 1. The molecule has 2 aromatic rings. The number of anilines is 1. The predicted octanol–water partition coefficient (Wildman–Crippen LogP) is 4.34. The van der Waals surface area contributed by atoms with Crippen molar-refractivity contribution in [3.05, 3.63) is 18.6 Å². The first-order valence-corrected chi connectivity index (χ1v) is 9.97. The van der Waals surface area contributed by atoms with Crippen LogP contribution in [0.5, 0.6) is 0 Å².